The van der Waals surface area contributed by atoms with E-state index in [1.807, 2.05) is 0 Å². The van der Waals surface area contributed by atoms with E-state index in [2.05, 4.69) is 20.7 Å². The zero-order valence-corrected chi connectivity index (χ0v) is 22.6. The van der Waals surface area contributed by atoms with E-state index in [9.17, 15) is 27.2 Å². The highest BCUT2D eigenvalue weighted by Crippen LogP contribution is 3.10. The molecule has 2 aromatic heterocycles. The van der Waals surface area contributed by atoms with E-state index in [1.54, 1.807) is 18.2 Å². The van der Waals surface area contributed by atoms with Gasteiger partial charge in [0, 0.05) is 31.0 Å². The first kappa shape index (κ1) is 23.8. The predicted octanol–water partition coefficient (Wildman–Crippen LogP) is 0.772. The van der Waals surface area contributed by atoms with E-state index < -0.39 is 27.5 Å². The van der Waals surface area contributed by atoms with E-state index in [-0.39, 0.29) is 52.6 Å². The monoisotopic (exact) mass is 577 g/mol. The largest absolute Gasteiger partial charge is 0.426 e. The summed E-state index contributed by atoms with van der Waals surface area (Å²) >= 11 is 0. The van der Waals surface area contributed by atoms with Crippen LogP contribution < -0.4 is 15.4 Å². The Morgan fingerprint density at radius 1 is 1.07 bits per heavy atom. The number of nitrogens with zero attached hydrogens (tertiary/aromatic N) is 3. The molecule has 0 unspecified atom stereocenters. The van der Waals surface area contributed by atoms with Gasteiger partial charge in [-0.2, -0.15) is 5.10 Å². The maximum Gasteiger partial charge on any atom is 0.315 e. The van der Waals surface area contributed by atoms with Gasteiger partial charge in [0.1, 0.15) is 27.0 Å². The van der Waals surface area contributed by atoms with Gasteiger partial charge in [-0.05, 0) is 64.0 Å². The normalized spacial score (nSPS) is 35.6. The van der Waals surface area contributed by atoms with E-state index in [0.717, 1.165) is 21.8 Å². The minimum Gasteiger partial charge on any atom is -0.426 e. The van der Waals surface area contributed by atoms with Gasteiger partial charge in [0.15, 0.2) is 11.5 Å². The number of fused-ring (bicyclic) bond motifs is 2. The Balaban J connectivity index is 0.910. The fourth-order valence-electron chi connectivity index (χ4n) is 10.2. The number of hydrogen-bond acceptors (Lipinski definition) is 8. The van der Waals surface area contributed by atoms with Crippen LogP contribution >= 0.6 is 0 Å². The summed E-state index contributed by atoms with van der Waals surface area (Å²) in [4.78, 5) is 42.0. The van der Waals surface area contributed by atoms with Crippen LogP contribution in [0.3, 0.4) is 0 Å². The summed E-state index contributed by atoms with van der Waals surface area (Å²) in [5, 5.41) is 9.71. The van der Waals surface area contributed by atoms with Crippen LogP contribution in [0.1, 0.15) is 32.1 Å². The van der Waals surface area contributed by atoms with Crippen LogP contribution in [0.15, 0.2) is 30.5 Å². The van der Waals surface area contributed by atoms with Crippen LogP contribution in [0.5, 0.6) is 5.75 Å². The van der Waals surface area contributed by atoms with Gasteiger partial charge in [-0.15, -0.1) is 0 Å². The molecule has 6 fully saturated rings. The number of benzene rings is 1. The number of hydrogen-bond donors (Lipinski definition) is 2. The second-order valence-corrected chi connectivity index (χ2v) is 14.8. The molecule has 3 heterocycles. The number of esters is 1. The number of halogens is 1. The summed E-state index contributed by atoms with van der Waals surface area (Å²) in [6.45, 7) is 0.609. The van der Waals surface area contributed by atoms with Crippen LogP contribution in [0, 0.1) is 52.2 Å². The maximum atomic E-state index is 14.5. The van der Waals surface area contributed by atoms with E-state index >= 15 is 0 Å². The van der Waals surface area contributed by atoms with Gasteiger partial charge >= 0.3 is 5.97 Å². The van der Waals surface area contributed by atoms with E-state index in [4.69, 9.17) is 4.74 Å². The lowest BCUT2D eigenvalue weighted by atomic mass is 8.92. The van der Waals surface area contributed by atoms with Crippen LogP contribution in [0.4, 0.5) is 4.39 Å². The summed E-state index contributed by atoms with van der Waals surface area (Å²) in [7, 11) is -3.02. The van der Waals surface area contributed by atoms with Crippen LogP contribution in [0.2, 0.25) is 0 Å². The molecule has 0 radical (unpaired) electrons. The Morgan fingerprint density at radius 3 is 2.49 bits per heavy atom. The van der Waals surface area contributed by atoms with Crippen molar-refractivity contribution in [2.45, 2.75) is 13.0 Å². The van der Waals surface area contributed by atoms with Crippen molar-refractivity contribution in [1.29, 1.82) is 0 Å². The van der Waals surface area contributed by atoms with E-state index in [0.29, 0.717) is 47.8 Å². The number of carbonyl (C=O) groups is 3. The first-order valence-electron chi connectivity index (χ1n) is 13.7. The molecule has 0 spiro atoms. The third-order valence-corrected chi connectivity index (χ3v) is 12.2. The minimum absolute atomic E-state index is 0.00250. The molecule has 11 nitrogen and oxygen atoms in total. The summed E-state index contributed by atoms with van der Waals surface area (Å²) in [5.41, 5.74) is 1.21. The zero-order valence-electron chi connectivity index (χ0n) is 21.8. The van der Waals surface area contributed by atoms with Crippen molar-refractivity contribution in [2.24, 2.45) is 46.3 Å². The predicted molar refractivity (Wildman–Crippen MR) is 138 cm³/mol. The van der Waals surface area contributed by atoms with Crippen LogP contribution in [-0.4, -0.2) is 59.4 Å². The van der Waals surface area contributed by atoms with Crippen molar-refractivity contribution in [3.8, 4) is 5.75 Å². The van der Waals surface area contributed by atoms with Gasteiger partial charge in [0.25, 0.3) is 11.8 Å². The Bertz CT molecular complexity index is 1850. The smallest absolute Gasteiger partial charge is 0.315 e. The third kappa shape index (κ3) is 2.60. The van der Waals surface area contributed by atoms with E-state index in [1.165, 1.54) is 12.3 Å². The Hall–Kier alpha value is -3.87. The van der Waals surface area contributed by atoms with Gasteiger partial charge in [-0.3, -0.25) is 14.4 Å². The number of carbonyl (C=O) groups excluding carboxylic acids is 3. The Morgan fingerprint density at radius 2 is 1.78 bits per heavy atom. The second kappa shape index (κ2) is 7.12. The summed E-state index contributed by atoms with van der Waals surface area (Å²) < 4.78 is 44.7. The number of nitrogens with one attached hydrogen (secondary N) is 2. The molecule has 210 valence electrons. The molecular formula is C28H24FN5O6S. The molecule has 2 amide bonds. The van der Waals surface area contributed by atoms with Crippen molar-refractivity contribution in [1.82, 2.24) is 25.2 Å². The molecule has 3 aromatic rings. The summed E-state index contributed by atoms with van der Waals surface area (Å²) in [6, 6.07) is 6.49. The van der Waals surface area contributed by atoms with Gasteiger partial charge in [-0.25, -0.2) is 22.3 Å². The summed E-state index contributed by atoms with van der Waals surface area (Å²) in [6.07, 6.45) is 2.44. The lowest BCUT2D eigenvalue weighted by Gasteiger charge is -3.11. The maximum absolute atomic E-state index is 14.5. The molecule has 2 N–H and O–H groups in total. The highest BCUT2D eigenvalue weighted by atomic mass is 32.2. The molecular weight excluding hydrogens is 553 g/mol. The SMILES string of the molecule is CS(=O)(=O)CC12C3C4C1C1C2C3C41CNC(=O)c1cc(C(=O)NCc2ccc3c(c2)CC(=O)O3)nc2c(F)cnn12. The molecule has 0 bridgehead atoms. The zero-order chi connectivity index (χ0) is 28.2. The average Bonchev–Trinajstić information content (AvgIpc) is 3.50. The van der Waals surface area contributed by atoms with Gasteiger partial charge in [-0.1, -0.05) is 6.07 Å². The number of rotatable bonds is 8. The standard InChI is InChI=1S/C28H24FN5O6S/c1-41(38,39)10-28-21-18-22(28)20-23(28)19(21)27(18,20)9-31-26(37)15-6-14(33-24-13(29)8-32-34(15)24)25(36)30-7-11-2-3-16-12(4-11)5-17(35)40-16/h2-4,6,8,18-23H,5,7,9-10H2,1H3,(H,30,36)(H,31,37). The first-order chi connectivity index (χ1) is 19.5. The molecule has 10 rings (SSSR count). The fraction of sp³-hybridized carbons (Fsp3) is 0.464. The van der Waals surface area contributed by atoms with Crippen molar-refractivity contribution < 1.29 is 31.9 Å². The van der Waals surface area contributed by atoms with Crippen LogP contribution in [-0.2, 0) is 27.6 Å². The molecule has 0 atom stereocenters. The van der Waals surface area contributed by atoms with Crippen molar-refractivity contribution in [2.75, 3.05) is 18.6 Å². The molecule has 1 aliphatic heterocycles. The second-order valence-electron chi connectivity index (χ2n) is 12.7. The quantitative estimate of drug-likeness (QED) is 0.295. The summed E-state index contributed by atoms with van der Waals surface area (Å²) in [5.74, 6) is 1.49. The molecule has 13 heteroatoms. The molecule has 1 aromatic carbocycles. The Labute approximate surface area is 232 Å². The molecule has 0 saturated heterocycles. The Kier molecular flexibility index (Phi) is 4.13. The molecule has 6 saturated carbocycles. The van der Waals surface area contributed by atoms with Crippen molar-refractivity contribution >= 4 is 33.3 Å². The molecule has 41 heavy (non-hydrogen) atoms. The third-order valence-electron chi connectivity index (χ3n) is 11.1. The number of amides is 2. The van der Waals surface area contributed by atoms with Gasteiger partial charge in [0.05, 0.1) is 18.4 Å². The highest BCUT2D eigenvalue weighted by molar-refractivity contribution is 7.90. The average molecular weight is 578 g/mol. The first-order valence-corrected chi connectivity index (χ1v) is 15.7. The number of ether oxygens (including phenoxy) is 1. The van der Waals surface area contributed by atoms with Gasteiger partial charge in [0.2, 0.25) is 0 Å². The number of sulfone groups is 1. The van der Waals surface area contributed by atoms with Crippen molar-refractivity contribution in [3.05, 3.63) is 58.8 Å². The van der Waals surface area contributed by atoms with Gasteiger partial charge < -0.3 is 15.4 Å². The number of aromatic nitrogens is 3. The lowest BCUT2D eigenvalue weighted by Crippen LogP contribution is -3.11. The highest BCUT2D eigenvalue weighted by Gasteiger charge is 3.09. The van der Waals surface area contributed by atoms with Crippen LogP contribution in [0.25, 0.3) is 5.65 Å². The molecule has 7 aliphatic rings. The lowest BCUT2D eigenvalue weighted by molar-refractivity contribution is -0.650. The minimum atomic E-state index is -3.02. The van der Waals surface area contributed by atoms with Crippen molar-refractivity contribution in [3.63, 3.8) is 0 Å². The topological polar surface area (TPSA) is 149 Å². The fourth-order valence-corrected chi connectivity index (χ4v) is 11.7. The molecule has 6 aliphatic carbocycles.